The Morgan fingerprint density at radius 2 is 1.90 bits per heavy atom. The second-order valence-electron chi connectivity index (χ2n) is 4.64. The summed E-state index contributed by atoms with van der Waals surface area (Å²) in [6.45, 7) is 3.63. The number of ether oxygens (including phenoxy) is 1. The highest BCUT2D eigenvalue weighted by Gasteiger charge is 2.18. The van der Waals surface area contributed by atoms with Crippen molar-refractivity contribution in [1.29, 1.82) is 0 Å². The van der Waals surface area contributed by atoms with Gasteiger partial charge in [0, 0.05) is 18.9 Å². The Labute approximate surface area is 118 Å². The molecule has 1 aliphatic rings. The van der Waals surface area contributed by atoms with Crippen LogP contribution in [0.1, 0.15) is 19.3 Å². The van der Waals surface area contributed by atoms with Gasteiger partial charge in [0.2, 0.25) is 0 Å². The molecule has 1 aromatic rings. The van der Waals surface area contributed by atoms with Gasteiger partial charge in [0.1, 0.15) is 17.3 Å². The Hall–Kier alpha value is -1.88. The van der Waals surface area contributed by atoms with Crippen LogP contribution in [0, 0.1) is 0 Å². The van der Waals surface area contributed by atoms with Crippen LogP contribution >= 0.6 is 0 Å². The molecule has 0 unspecified atom stereocenters. The van der Waals surface area contributed by atoms with Crippen LogP contribution in [0.2, 0.25) is 0 Å². The average molecular weight is 292 g/mol. The molecule has 0 radical (unpaired) electrons. The summed E-state index contributed by atoms with van der Waals surface area (Å²) in [6.07, 6.45) is 3.30. The number of allylic oxidation sites excluding steroid dienone is 2. The lowest BCUT2D eigenvalue weighted by Gasteiger charge is -2.15. The molecule has 0 fully saturated rings. The van der Waals surface area contributed by atoms with Gasteiger partial charge in [-0.1, -0.05) is 24.8 Å². The van der Waals surface area contributed by atoms with Gasteiger partial charge in [-0.3, -0.25) is 4.79 Å². The summed E-state index contributed by atoms with van der Waals surface area (Å²) in [5, 5.41) is 0. The van der Waals surface area contributed by atoms with Gasteiger partial charge >= 0.3 is 0 Å². The molecule has 4 nitrogen and oxygen atoms in total. The predicted molar refractivity (Wildman–Crippen MR) is 75.7 cm³/mol. The third-order valence-corrected chi connectivity index (χ3v) is 4.59. The van der Waals surface area contributed by atoms with Crippen molar-refractivity contribution in [1.82, 2.24) is 0 Å². The minimum atomic E-state index is -3.46. The molecule has 1 aromatic carbocycles. The smallest absolute Gasteiger partial charge is 0.185 e. The second kappa shape index (κ2) is 6.05. The van der Waals surface area contributed by atoms with Gasteiger partial charge in [-0.2, -0.15) is 0 Å². The fourth-order valence-electron chi connectivity index (χ4n) is 1.98. The van der Waals surface area contributed by atoms with Crippen LogP contribution in [0.25, 0.3) is 0 Å². The van der Waals surface area contributed by atoms with E-state index in [-0.39, 0.29) is 22.2 Å². The molecule has 0 saturated heterocycles. The number of rotatable bonds is 5. The Kier molecular flexibility index (Phi) is 4.39. The van der Waals surface area contributed by atoms with Crippen LogP contribution in [-0.2, 0) is 19.4 Å². The van der Waals surface area contributed by atoms with Crippen LogP contribution in [0.4, 0.5) is 0 Å². The minimum absolute atomic E-state index is 0.00460. The van der Waals surface area contributed by atoms with Crippen molar-refractivity contribution in [3.63, 3.8) is 0 Å². The molecular formula is C15H16O4S. The molecule has 0 aromatic heterocycles. The Balaban J connectivity index is 2.03. The van der Waals surface area contributed by atoms with E-state index >= 15 is 0 Å². The molecule has 2 rings (SSSR count). The molecule has 1 aliphatic carbocycles. The number of hydrogen-bond donors (Lipinski definition) is 0. The van der Waals surface area contributed by atoms with Gasteiger partial charge < -0.3 is 4.74 Å². The van der Waals surface area contributed by atoms with Crippen LogP contribution in [0.3, 0.4) is 0 Å². The first-order valence-corrected chi connectivity index (χ1v) is 7.99. The van der Waals surface area contributed by atoms with E-state index in [0.29, 0.717) is 18.6 Å². The highest BCUT2D eigenvalue weighted by molar-refractivity contribution is 7.91. The highest BCUT2D eigenvalue weighted by Crippen LogP contribution is 2.20. The molecule has 0 heterocycles. The van der Waals surface area contributed by atoms with Gasteiger partial charge in [-0.15, -0.1) is 0 Å². The van der Waals surface area contributed by atoms with Gasteiger partial charge in [0.05, 0.1) is 4.90 Å². The maximum atomic E-state index is 12.1. The standard InChI is InChI=1S/C15H16O4S/c1-12(19-14-7-5-6-13(16)10-14)11-20(17,18)15-8-3-2-4-9-15/h2-4,8-10H,1,5-7,11H2. The third-order valence-electron chi connectivity index (χ3n) is 2.90. The zero-order valence-electron chi connectivity index (χ0n) is 11.0. The molecule has 20 heavy (non-hydrogen) atoms. The largest absolute Gasteiger partial charge is 0.465 e. The van der Waals surface area contributed by atoms with E-state index in [2.05, 4.69) is 6.58 Å². The maximum absolute atomic E-state index is 12.1. The van der Waals surface area contributed by atoms with Gasteiger partial charge in [-0.05, 0) is 18.6 Å². The highest BCUT2D eigenvalue weighted by atomic mass is 32.2. The number of sulfone groups is 1. The van der Waals surface area contributed by atoms with Crippen molar-refractivity contribution in [2.24, 2.45) is 0 Å². The quantitative estimate of drug-likeness (QED) is 0.783. The molecule has 0 bridgehead atoms. The van der Waals surface area contributed by atoms with Crippen LogP contribution in [-0.4, -0.2) is 20.0 Å². The molecular weight excluding hydrogens is 276 g/mol. The molecule has 0 spiro atoms. The molecule has 106 valence electrons. The first-order valence-electron chi connectivity index (χ1n) is 6.34. The molecule has 0 saturated carbocycles. The summed E-state index contributed by atoms with van der Waals surface area (Å²) in [7, 11) is -3.46. The van der Waals surface area contributed by atoms with E-state index in [0.717, 1.165) is 6.42 Å². The van der Waals surface area contributed by atoms with Crippen LogP contribution in [0.15, 0.2) is 59.4 Å². The molecule has 0 aliphatic heterocycles. The lowest BCUT2D eigenvalue weighted by molar-refractivity contribution is -0.115. The van der Waals surface area contributed by atoms with Crippen molar-refractivity contribution in [2.75, 3.05) is 5.75 Å². The van der Waals surface area contributed by atoms with E-state index < -0.39 is 9.84 Å². The van der Waals surface area contributed by atoms with E-state index in [1.807, 2.05) is 0 Å². The van der Waals surface area contributed by atoms with Crippen LogP contribution in [0.5, 0.6) is 0 Å². The number of hydrogen-bond acceptors (Lipinski definition) is 4. The number of benzene rings is 1. The number of carbonyl (C=O) groups is 1. The summed E-state index contributed by atoms with van der Waals surface area (Å²) in [5.41, 5.74) is 0. The van der Waals surface area contributed by atoms with Crippen molar-refractivity contribution in [3.8, 4) is 0 Å². The Bertz CT molecular complexity index is 642. The Morgan fingerprint density at radius 1 is 1.20 bits per heavy atom. The lowest BCUT2D eigenvalue weighted by Crippen LogP contribution is -2.12. The fourth-order valence-corrected chi connectivity index (χ4v) is 3.20. The van der Waals surface area contributed by atoms with E-state index in [9.17, 15) is 13.2 Å². The third kappa shape index (κ3) is 3.81. The van der Waals surface area contributed by atoms with E-state index in [1.165, 1.54) is 18.2 Å². The first kappa shape index (κ1) is 14.5. The van der Waals surface area contributed by atoms with Crippen LogP contribution < -0.4 is 0 Å². The average Bonchev–Trinajstić information content (AvgIpc) is 2.39. The molecule has 5 heteroatoms. The molecule has 0 atom stereocenters. The topological polar surface area (TPSA) is 60.4 Å². The van der Waals surface area contributed by atoms with Crippen molar-refractivity contribution < 1.29 is 17.9 Å². The normalized spacial score (nSPS) is 15.6. The zero-order chi connectivity index (χ0) is 14.6. The summed E-state index contributed by atoms with van der Waals surface area (Å²) in [4.78, 5) is 11.5. The summed E-state index contributed by atoms with van der Waals surface area (Å²) < 4.78 is 29.6. The summed E-state index contributed by atoms with van der Waals surface area (Å²) in [5.74, 6) is 0.344. The van der Waals surface area contributed by atoms with Crippen molar-refractivity contribution in [3.05, 3.63) is 54.5 Å². The Morgan fingerprint density at radius 3 is 2.55 bits per heavy atom. The maximum Gasteiger partial charge on any atom is 0.185 e. The second-order valence-corrected chi connectivity index (χ2v) is 6.63. The van der Waals surface area contributed by atoms with Gasteiger partial charge in [0.15, 0.2) is 15.6 Å². The summed E-state index contributed by atoms with van der Waals surface area (Å²) in [6, 6.07) is 8.15. The van der Waals surface area contributed by atoms with E-state index in [1.54, 1.807) is 18.2 Å². The SMILES string of the molecule is C=C(CS(=O)(=O)c1ccccc1)OC1=CC(=O)CCC1. The van der Waals surface area contributed by atoms with Gasteiger partial charge in [-0.25, -0.2) is 8.42 Å². The number of carbonyl (C=O) groups excluding carboxylic acids is 1. The predicted octanol–water partition coefficient (Wildman–Crippen LogP) is 2.63. The van der Waals surface area contributed by atoms with Crippen molar-refractivity contribution in [2.45, 2.75) is 24.2 Å². The van der Waals surface area contributed by atoms with Crippen molar-refractivity contribution >= 4 is 15.6 Å². The monoisotopic (exact) mass is 292 g/mol. The lowest BCUT2D eigenvalue weighted by atomic mass is 10.1. The number of ketones is 1. The zero-order valence-corrected chi connectivity index (χ0v) is 11.9. The molecule has 0 N–H and O–H groups in total. The molecule has 0 amide bonds. The fraction of sp³-hybridized carbons (Fsp3) is 0.267. The van der Waals surface area contributed by atoms with E-state index in [4.69, 9.17) is 4.74 Å². The minimum Gasteiger partial charge on any atom is -0.465 e. The summed E-state index contributed by atoms with van der Waals surface area (Å²) >= 11 is 0. The first-order chi connectivity index (χ1) is 9.47. The van der Waals surface area contributed by atoms with Gasteiger partial charge in [0.25, 0.3) is 0 Å².